The highest BCUT2D eigenvalue weighted by Crippen LogP contribution is 2.29. The minimum atomic E-state index is -0.119. The molecule has 0 unspecified atom stereocenters. The number of rotatable bonds is 2. The summed E-state index contributed by atoms with van der Waals surface area (Å²) in [6, 6.07) is 0. The van der Waals surface area contributed by atoms with Gasteiger partial charge in [0.05, 0.1) is 5.56 Å². The van der Waals surface area contributed by atoms with Gasteiger partial charge in [0.25, 0.3) is 0 Å². The number of aromatic nitrogens is 2. The van der Waals surface area contributed by atoms with E-state index in [0.29, 0.717) is 11.7 Å². The van der Waals surface area contributed by atoms with Gasteiger partial charge < -0.3 is 10.5 Å². The van der Waals surface area contributed by atoms with Gasteiger partial charge in [-0.15, -0.1) is 0 Å². The summed E-state index contributed by atoms with van der Waals surface area (Å²) in [5.74, 6) is 1.96. The third kappa shape index (κ3) is 3.37. The van der Waals surface area contributed by atoms with Crippen molar-refractivity contribution in [3.8, 4) is 5.88 Å². The number of ether oxygens (including phenoxy) is 1. The Morgan fingerprint density at radius 3 is 2.32 bits per heavy atom. The van der Waals surface area contributed by atoms with Crippen molar-refractivity contribution in [3.05, 3.63) is 11.4 Å². The molecule has 1 aromatic heterocycles. The lowest BCUT2D eigenvalue weighted by molar-refractivity contribution is 0.146. The normalized spacial score (nSPS) is 17.5. The van der Waals surface area contributed by atoms with Crippen molar-refractivity contribution in [3.63, 3.8) is 0 Å². The van der Waals surface area contributed by atoms with Gasteiger partial charge in [-0.25, -0.2) is 4.98 Å². The first-order chi connectivity index (χ1) is 8.88. The Kier molecular flexibility index (Phi) is 3.97. The van der Waals surface area contributed by atoms with Crippen LogP contribution < -0.4 is 10.5 Å². The number of anilines is 1. The fourth-order valence-corrected chi connectivity index (χ4v) is 2.30. The third-order valence-electron chi connectivity index (χ3n) is 3.64. The van der Waals surface area contributed by atoms with Crippen LogP contribution in [0, 0.1) is 6.92 Å². The summed E-state index contributed by atoms with van der Waals surface area (Å²) in [5, 5.41) is 0. The van der Waals surface area contributed by atoms with E-state index in [9.17, 15) is 0 Å². The molecule has 0 aliphatic heterocycles. The first-order valence-corrected chi connectivity index (χ1v) is 7.19. The summed E-state index contributed by atoms with van der Waals surface area (Å²) in [6.07, 6.45) is 6.34. The fraction of sp³-hybridized carbons (Fsp3) is 0.733. The van der Waals surface area contributed by atoms with E-state index in [1.54, 1.807) is 0 Å². The first-order valence-electron chi connectivity index (χ1n) is 7.19. The zero-order valence-corrected chi connectivity index (χ0v) is 12.5. The minimum absolute atomic E-state index is 0.119. The molecule has 1 fully saturated rings. The smallest absolute Gasteiger partial charge is 0.222 e. The molecule has 0 bridgehead atoms. The second-order valence-corrected chi connectivity index (χ2v) is 6.49. The number of nitrogens with zero attached hydrogens (tertiary/aromatic N) is 2. The molecule has 106 valence electrons. The average Bonchev–Trinajstić information content (AvgIpc) is 2.34. The standard InChI is InChI=1S/C15H25N3O/c1-10-12(16)17-14(15(2,3)4)18-13(10)19-11-8-6-5-7-9-11/h11H,5-9H2,1-4H3,(H2,16,17,18). The van der Waals surface area contributed by atoms with E-state index < -0.39 is 0 Å². The van der Waals surface area contributed by atoms with Gasteiger partial charge in [-0.3, -0.25) is 0 Å². The zero-order valence-electron chi connectivity index (χ0n) is 12.5. The average molecular weight is 263 g/mol. The lowest BCUT2D eigenvalue weighted by Crippen LogP contribution is -2.23. The molecule has 1 aliphatic carbocycles. The van der Waals surface area contributed by atoms with Crippen LogP contribution in [0.1, 0.15) is 64.3 Å². The molecular formula is C15H25N3O. The molecule has 4 nitrogen and oxygen atoms in total. The molecule has 0 amide bonds. The fourth-order valence-electron chi connectivity index (χ4n) is 2.30. The van der Waals surface area contributed by atoms with Gasteiger partial charge in [-0.1, -0.05) is 27.2 Å². The highest BCUT2D eigenvalue weighted by molar-refractivity contribution is 5.45. The van der Waals surface area contributed by atoms with E-state index in [4.69, 9.17) is 10.5 Å². The van der Waals surface area contributed by atoms with Crippen LogP contribution in [-0.4, -0.2) is 16.1 Å². The van der Waals surface area contributed by atoms with Crippen molar-refractivity contribution in [1.82, 2.24) is 9.97 Å². The van der Waals surface area contributed by atoms with Crippen molar-refractivity contribution in [1.29, 1.82) is 0 Å². The lowest BCUT2D eigenvalue weighted by Gasteiger charge is -2.25. The summed E-state index contributed by atoms with van der Waals surface area (Å²) in [5.41, 5.74) is 6.73. The Morgan fingerprint density at radius 1 is 1.11 bits per heavy atom. The van der Waals surface area contributed by atoms with Gasteiger partial charge in [0.1, 0.15) is 17.7 Å². The molecule has 19 heavy (non-hydrogen) atoms. The Hall–Kier alpha value is -1.32. The number of nitrogens with two attached hydrogens (primary N) is 1. The van der Waals surface area contributed by atoms with Gasteiger partial charge in [0.15, 0.2) is 0 Å². The van der Waals surface area contributed by atoms with E-state index >= 15 is 0 Å². The van der Waals surface area contributed by atoms with Crippen LogP contribution in [-0.2, 0) is 5.41 Å². The molecule has 1 aromatic rings. The topological polar surface area (TPSA) is 61.0 Å². The molecule has 4 heteroatoms. The molecule has 0 aromatic carbocycles. The van der Waals surface area contributed by atoms with Gasteiger partial charge in [0.2, 0.25) is 5.88 Å². The van der Waals surface area contributed by atoms with E-state index in [1.807, 2.05) is 6.92 Å². The maximum Gasteiger partial charge on any atom is 0.222 e. The minimum Gasteiger partial charge on any atom is -0.474 e. The van der Waals surface area contributed by atoms with Gasteiger partial charge in [0, 0.05) is 5.41 Å². The van der Waals surface area contributed by atoms with Gasteiger partial charge in [-0.2, -0.15) is 4.98 Å². The Bertz CT molecular complexity index is 445. The zero-order chi connectivity index (χ0) is 14.0. The van der Waals surface area contributed by atoms with Crippen LogP contribution in [0.3, 0.4) is 0 Å². The van der Waals surface area contributed by atoms with Gasteiger partial charge >= 0.3 is 0 Å². The lowest BCUT2D eigenvalue weighted by atomic mass is 9.95. The van der Waals surface area contributed by atoms with Crippen molar-refractivity contribution in [2.75, 3.05) is 5.73 Å². The van der Waals surface area contributed by atoms with Crippen LogP contribution in [0.15, 0.2) is 0 Å². The maximum atomic E-state index is 6.07. The molecular weight excluding hydrogens is 238 g/mol. The SMILES string of the molecule is Cc1c(N)nc(C(C)(C)C)nc1OC1CCCCC1. The Balaban J connectivity index is 2.25. The largest absolute Gasteiger partial charge is 0.474 e. The quantitative estimate of drug-likeness (QED) is 0.888. The Morgan fingerprint density at radius 2 is 1.74 bits per heavy atom. The molecule has 0 spiro atoms. The Labute approximate surface area is 115 Å². The molecule has 1 saturated carbocycles. The highest BCUT2D eigenvalue weighted by Gasteiger charge is 2.23. The summed E-state index contributed by atoms with van der Waals surface area (Å²) < 4.78 is 6.07. The first kappa shape index (κ1) is 14.1. The molecule has 0 saturated heterocycles. The van der Waals surface area contributed by atoms with E-state index in [1.165, 1.54) is 19.3 Å². The molecule has 2 rings (SSSR count). The summed E-state index contributed by atoms with van der Waals surface area (Å²) in [6.45, 7) is 8.18. The third-order valence-corrected chi connectivity index (χ3v) is 3.64. The number of hydrogen-bond acceptors (Lipinski definition) is 4. The van der Waals surface area contributed by atoms with Crippen molar-refractivity contribution >= 4 is 5.82 Å². The summed E-state index contributed by atoms with van der Waals surface area (Å²) in [4.78, 5) is 8.97. The monoisotopic (exact) mass is 263 g/mol. The van der Waals surface area contributed by atoms with Crippen LogP contribution in [0.2, 0.25) is 0 Å². The number of nitrogen functional groups attached to an aromatic ring is 1. The molecule has 1 aliphatic rings. The van der Waals surface area contributed by atoms with Crippen molar-refractivity contribution < 1.29 is 4.74 Å². The van der Waals surface area contributed by atoms with Crippen LogP contribution in [0.4, 0.5) is 5.82 Å². The van der Waals surface area contributed by atoms with Crippen LogP contribution >= 0.6 is 0 Å². The molecule has 0 atom stereocenters. The molecule has 2 N–H and O–H groups in total. The summed E-state index contributed by atoms with van der Waals surface area (Å²) >= 11 is 0. The van der Waals surface area contributed by atoms with E-state index in [2.05, 4.69) is 30.7 Å². The maximum absolute atomic E-state index is 6.07. The van der Waals surface area contributed by atoms with Gasteiger partial charge in [-0.05, 0) is 32.6 Å². The second kappa shape index (κ2) is 5.35. The van der Waals surface area contributed by atoms with Crippen molar-refractivity contribution in [2.45, 2.75) is 71.3 Å². The second-order valence-electron chi connectivity index (χ2n) is 6.49. The molecule has 1 heterocycles. The predicted octanol–water partition coefficient (Wildman–Crippen LogP) is 3.38. The highest BCUT2D eigenvalue weighted by atomic mass is 16.5. The molecule has 0 radical (unpaired) electrons. The van der Waals surface area contributed by atoms with E-state index in [-0.39, 0.29) is 11.5 Å². The number of hydrogen-bond donors (Lipinski definition) is 1. The summed E-state index contributed by atoms with van der Waals surface area (Å²) in [7, 11) is 0. The predicted molar refractivity (Wildman–Crippen MR) is 77.4 cm³/mol. The van der Waals surface area contributed by atoms with Crippen LogP contribution in [0.5, 0.6) is 5.88 Å². The van der Waals surface area contributed by atoms with E-state index in [0.717, 1.165) is 24.2 Å². The van der Waals surface area contributed by atoms with Crippen LogP contribution in [0.25, 0.3) is 0 Å². The van der Waals surface area contributed by atoms with Crippen molar-refractivity contribution in [2.24, 2.45) is 0 Å².